The molecule has 0 bridgehead atoms. The molecule has 1 aliphatic heterocycles. The summed E-state index contributed by atoms with van der Waals surface area (Å²) in [6.45, 7) is 8.39. The highest BCUT2D eigenvalue weighted by Gasteiger charge is 2.49. The molecule has 1 fully saturated rings. The number of thiophene rings is 1. The average Bonchev–Trinajstić information content (AvgIpc) is 3.51. The van der Waals surface area contributed by atoms with Crippen molar-refractivity contribution in [2.24, 2.45) is 11.7 Å². The summed E-state index contributed by atoms with van der Waals surface area (Å²) < 4.78 is 0. The number of primary amides is 1. The predicted octanol–water partition coefficient (Wildman–Crippen LogP) is 5.01. The van der Waals surface area contributed by atoms with Crippen molar-refractivity contribution in [1.82, 2.24) is 10.2 Å². The Labute approximate surface area is 209 Å². The van der Waals surface area contributed by atoms with Crippen molar-refractivity contribution in [3.05, 3.63) is 93.7 Å². The van der Waals surface area contributed by atoms with Gasteiger partial charge in [0.2, 0.25) is 5.91 Å². The predicted molar refractivity (Wildman–Crippen MR) is 144 cm³/mol. The van der Waals surface area contributed by atoms with Gasteiger partial charge in [-0.2, -0.15) is 0 Å². The van der Waals surface area contributed by atoms with Crippen LogP contribution in [0.3, 0.4) is 0 Å². The van der Waals surface area contributed by atoms with Crippen molar-refractivity contribution in [3.63, 3.8) is 0 Å². The quantitative estimate of drug-likeness (QED) is 0.426. The lowest BCUT2D eigenvalue weighted by Crippen LogP contribution is -2.49. The fraction of sp³-hybridized carbons (Fsp3) is 0.414. The Morgan fingerprint density at radius 1 is 1.06 bits per heavy atom. The number of rotatable bonds is 9. The highest BCUT2D eigenvalue weighted by molar-refractivity contribution is 7.11. The Morgan fingerprint density at radius 2 is 1.68 bits per heavy atom. The minimum Gasteiger partial charge on any atom is -0.369 e. The fourth-order valence-electron chi connectivity index (χ4n) is 5.06. The van der Waals surface area contributed by atoms with Crippen LogP contribution in [0.15, 0.2) is 72.8 Å². The standard InChI is InChI=1S/C20H24N2O.C9H15NS/c1-2-22-14-13-18(15-22)20(19(21)23,16-9-5-3-6-10-16)17-11-7-4-8-12-17;1-8-5-6-9(11-8)4-3-7-10-2/h3-12,18H,2,13-15H2,1H3,(H2,21,23);5-6,10H,3-4,7H2,1-2H3. The van der Waals surface area contributed by atoms with Crippen LogP contribution in [-0.2, 0) is 16.6 Å². The molecular formula is C29H39N3OS. The summed E-state index contributed by atoms with van der Waals surface area (Å²) in [6.07, 6.45) is 3.45. The molecule has 0 radical (unpaired) electrons. The van der Waals surface area contributed by atoms with Crippen LogP contribution in [0, 0.1) is 12.8 Å². The van der Waals surface area contributed by atoms with Crippen molar-refractivity contribution >= 4 is 17.2 Å². The number of hydrogen-bond donors (Lipinski definition) is 2. The molecule has 3 aromatic rings. The number of likely N-dealkylation sites (tertiary alicyclic amines) is 1. The maximum Gasteiger partial charge on any atom is 0.232 e. The van der Waals surface area contributed by atoms with Crippen LogP contribution in [0.1, 0.15) is 40.6 Å². The van der Waals surface area contributed by atoms with Gasteiger partial charge in [0.05, 0.1) is 0 Å². The Morgan fingerprint density at radius 3 is 2.12 bits per heavy atom. The van der Waals surface area contributed by atoms with E-state index in [1.807, 2.05) is 79.0 Å². The van der Waals surface area contributed by atoms with E-state index < -0.39 is 5.41 Å². The van der Waals surface area contributed by atoms with Gasteiger partial charge in [-0.1, -0.05) is 67.6 Å². The molecule has 4 nitrogen and oxygen atoms in total. The molecular weight excluding hydrogens is 438 g/mol. The number of nitrogens with one attached hydrogen (secondary N) is 1. The van der Waals surface area contributed by atoms with E-state index in [-0.39, 0.29) is 11.8 Å². The van der Waals surface area contributed by atoms with Gasteiger partial charge >= 0.3 is 0 Å². The highest BCUT2D eigenvalue weighted by atomic mass is 32.1. The third-order valence-electron chi connectivity index (χ3n) is 6.82. The molecule has 1 aromatic heterocycles. The third kappa shape index (κ3) is 6.15. The van der Waals surface area contributed by atoms with Crippen LogP contribution in [0.4, 0.5) is 0 Å². The van der Waals surface area contributed by atoms with Gasteiger partial charge in [-0.3, -0.25) is 4.79 Å². The molecule has 1 amide bonds. The van der Waals surface area contributed by atoms with Gasteiger partial charge in [0, 0.05) is 16.3 Å². The molecule has 1 aliphatic rings. The molecule has 5 heteroatoms. The molecule has 0 spiro atoms. The first kappa shape index (κ1) is 26.1. The van der Waals surface area contributed by atoms with Crippen LogP contribution in [-0.4, -0.2) is 44.0 Å². The molecule has 1 atom stereocenters. The Bertz CT molecular complexity index is 963. The van der Waals surface area contributed by atoms with Crippen molar-refractivity contribution < 1.29 is 4.79 Å². The van der Waals surface area contributed by atoms with Gasteiger partial charge in [0.15, 0.2) is 0 Å². The Balaban J connectivity index is 0.000000248. The maximum atomic E-state index is 12.8. The van der Waals surface area contributed by atoms with Gasteiger partial charge < -0.3 is 16.0 Å². The molecule has 182 valence electrons. The summed E-state index contributed by atoms with van der Waals surface area (Å²) in [5, 5.41) is 3.15. The number of hydrogen-bond acceptors (Lipinski definition) is 4. The molecule has 1 unspecified atom stereocenters. The number of carbonyl (C=O) groups excluding carboxylic acids is 1. The molecule has 3 N–H and O–H groups in total. The van der Waals surface area contributed by atoms with Gasteiger partial charge in [-0.05, 0) is 82.0 Å². The first-order valence-corrected chi connectivity index (χ1v) is 13.2. The van der Waals surface area contributed by atoms with E-state index in [4.69, 9.17) is 5.73 Å². The van der Waals surface area contributed by atoms with E-state index in [0.29, 0.717) is 0 Å². The summed E-state index contributed by atoms with van der Waals surface area (Å²) in [5.74, 6) is -0.0531. The summed E-state index contributed by atoms with van der Waals surface area (Å²) in [4.78, 5) is 18.1. The van der Waals surface area contributed by atoms with Crippen molar-refractivity contribution in [2.75, 3.05) is 33.2 Å². The monoisotopic (exact) mass is 477 g/mol. The lowest BCUT2D eigenvalue weighted by molar-refractivity contribution is -0.123. The summed E-state index contributed by atoms with van der Waals surface area (Å²) >= 11 is 1.91. The number of nitrogens with zero attached hydrogens (tertiary/aromatic N) is 1. The number of carbonyl (C=O) groups is 1. The zero-order chi connectivity index (χ0) is 24.4. The van der Waals surface area contributed by atoms with Crippen LogP contribution in [0.5, 0.6) is 0 Å². The molecule has 4 rings (SSSR count). The van der Waals surface area contributed by atoms with E-state index in [2.05, 4.69) is 36.2 Å². The summed E-state index contributed by atoms with van der Waals surface area (Å²) in [7, 11) is 2.00. The lowest BCUT2D eigenvalue weighted by Gasteiger charge is -2.37. The zero-order valence-electron chi connectivity index (χ0n) is 20.8. The van der Waals surface area contributed by atoms with Crippen LogP contribution < -0.4 is 11.1 Å². The Kier molecular flexibility index (Phi) is 9.87. The molecule has 0 saturated carbocycles. The lowest BCUT2D eigenvalue weighted by atomic mass is 9.64. The summed E-state index contributed by atoms with van der Waals surface area (Å²) in [6, 6.07) is 24.5. The zero-order valence-corrected chi connectivity index (χ0v) is 21.6. The minimum absolute atomic E-state index is 0.199. The molecule has 0 aliphatic carbocycles. The van der Waals surface area contributed by atoms with Gasteiger partial charge in [-0.25, -0.2) is 0 Å². The van der Waals surface area contributed by atoms with Crippen LogP contribution in [0.2, 0.25) is 0 Å². The molecule has 2 aromatic carbocycles. The minimum atomic E-state index is -0.757. The topological polar surface area (TPSA) is 58.4 Å². The van der Waals surface area contributed by atoms with Crippen LogP contribution >= 0.6 is 11.3 Å². The number of benzene rings is 2. The number of amides is 1. The van der Waals surface area contributed by atoms with Crippen LogP contribution in [0.25, 0.3) is 0 Å². The first-order chi connectivity index (χ1) is 16.5. The second-order valence-corrected chi connectivity index (χ2v) is 10.4. The highest BCUT2D eigenvalue weighted by Crippen LogP contribution is 2.43. The molecule has 2 heterocycles. The van der Waals surface area contributed by atoms with Crippen molar-refractivity contribution in [3.8, 4) is 0 Å². The van der Waals surface area contributed by atoms with E-state index in [9.17, 15) is 4.79 Å². The smallest absolute Gasteiger partial charge is 0.232 e. The molecule has 34 heavy (non-hydrogen) atoms. The first-order valence-electron chi connectivity index (χ1n) is 12.4. The van der Waals surface area contributed by atoms with E-state index in [1.54, 1.807) is 0 Å². The molecule has 1 saturated heterocycles. The third-order valence-corrected chi connectivity index (χ3v) is 7.89. The van der Waals surface area contributed by atoms with Crippen molar-refractivity contribution in [1.29, 1.82) is 0 Å². The normalized spacial score (nSPS) is 16.1. The van der Waals surface area contributed by atoms with Gasteiger partial charge in [-0.15, -0.1) is 11.3 Å². The largest absolute Gasteiger partial charge is 0.369 e. The van der Waals surface area contributed by atoms with E-state index in [1.165, 1.54) is 22.6 Å². The van der Waals surface area contributed by atoms with E-state index in [0.717, 1.165) is 43.7 Å². The maximum absolute atomic E-state index is 12.8. The van der Waals surface area contributed by atoms with Gasteiger partial charge in [0.25, 0.3) is 0 Å². The van der Waals surface area contributed by atoms with E-state index >= 15 is 0 Å². The summed E-state index contributed by atoms with van der Waals surface area (Å²) in [5.41, 5.74) is 7.29. The number of aryl methyl sites for hydroxylation is 2. The fourth-order valence-corrected chi connectivity index (χ4v) is 5.99. The van der Waals surface area contributed by atoms with Gasteiger partial charge in [0.1, 0.15) is 5.41 Å². The second kappa shape index (κ2) is 12.8. The average molecular weight is 478 g/mol. The number of nitrogens with two attached hydrogens (primary N) is 1. The Hall–Kier alpha value is -2.47. The second-order valence-electron chi connectivity index (χ2n) is 9.00. The van der Waals surface area contributed by atoms with Crippen molar-refractivity contribution in [2.45, 2.75) is 38.5 Å². The SMILES string of the molecule is CCN1CCC(C(C(N)=O)(c2ccccc2)c2ccccc2)C1.CNCCCc1ccc(C)s1.